The van der Waals surface area contributed by atoms with Gasteiger partial charge in [-0.1, -0.05) is 25.3 Å². The highest BCUT2D eigenvalue weighted by Gasteiger charge is 2.31. The third-order valence-electron chi connectivity index (χ3n) is 4.19. The fourth-order valence-corrected chi connectivity index (χ4v) is 3.86. The van der Waals surface area contributed by atoms with Crippen LogP contribution in [0, 0.1) is 12.3 Å². The Morgan fingerprint density at radius 2 is 2.05 bits per heavy atom. The van der Waals surface area contributed by atoms with Gasteiger partial charge in [-0.3, -0.25) is 4.79 Å². The number of alkyl halides is 1. The SMILES string of the molecule is Cc1ccc(C(=O)NCC2(CCl)CCCCC2)c(Br)c1. The van der Waals surface area contributed by atoms with E-state index in [1.54, 1.807) is 0 Å². The van der Waals surface area contributed by atoms with Crippen molar-refractivity contribution < 1.29 is 4.79 Å². The molecule has 1 aliphatic carbocycles. The first-order valence-electron chi connectivity index (χ1n) is 7.17. The van der Waals surface area contributed by atoms with Crippen LogP contribution in [0.2, 0.25) is 0 Å². The van der Waals surface area contributed by atoms with Gasteiger partial charge in [-0.25, -0.2) is 0 Å². The number of amides is 1. The zero-order valence-electron chi connectivity index (χ0n) is 11.8. The topological polar surface area (TPSA) is 29.1 Å². The number of rotatable bonds is 4. The molecule has 0 heterocycles. The van der Waals surface area contributed by atoms with Gasteiger partial charge in [0.2, 0.25) is 0 Å². The first-order valence-corrected chi connectivity index (χ1v) is 8.49. The molecule has 0 aliphatic heterocycles. The molecule has 2 nitrogen and oxygen atoms in total. The van der Waals surface area contributed by atoms with E-state index in [-0.39, 0.29) is 11.3 Å². The maximum atomic E-state index is 12.3. The lowest BCUT2D eigenvalue weighted by Crippen LogP contribution is -2.40. The molecule has 0 atom stereocenters. The van der Waals surface area contributed by atoms with Crippen molar-refractivity contribution in [2.75, 3.05) is 12.4 Å². The molecule has 20 heavy (non-hydrogen) atoms. The Balaban J connectivity index is 2.00. The number of hydrogen-bond acceptors (Lipinski definition) is 1. The van der Waals surface area contributed by atoms with E-state index < -0.39 is 0 Å². The largest absolute Gasteiger partial charge is 0.351 e. The van der Waals surface area contributed by atoms with E-state index in [4.69, 9.17) is 11.6 Å². The van der Waals surface area contributed by atoms with Gasteiger partial charge in [0, 0.05) is 22.3 Å². The molecule has 2 rings (SSSR count). The molecule has 0 spiro atoms. The minimum atomic E-state index is -0.0214. The van der Waals surface area contributed by atoms with Gasteiger partial charge >= 0.3 is 0 Å². The smallest absolute Gasteiger partial charge is 0.252 e. The predicted molar refractivity (Wildman–Crippen MR) is 87.5 cm³/mol. The summed E-state index contributed by atoms with van der Waals surface area (Å²) in [5.41, 5.74) is 1.92. The molecule has 1 amide bonds. The molecule has 1 N–H and O–H groups in total. The minimum absolute atomic E-state index is 0.0214. The second kappa shape index (κ2) is 6.95. The molecular formula is C16H21BrClNO. The van der Waals surface area contributed by atoms with Crippen molar-refractivity contribution in [3.8, 4) is 0 Å². The summed E-state index contributed by atoms with van der Waals surface area (Å²) in [7, 11) is 0. The molecular weight excluding hydrogens is 338 g/mol. The van der Waals surface area contributed by atoms with Gasteiger partial charge in [0.15, 0.2) is 0 Å². The van der Waals surface area contributed by atoms with Gasteiger partial charge in [-0.2, -0.15) is 0 Å². The fraction of sp³-hybridized carbons (Fsp3) is 0.562. The summed E-state index contributed by atoms with van der Waals surface area (Å²) in [5.74, 6) is 0.606. The Morgan fingerprint density at radius 1 is 1.35 bits per heavy atom. The summed E-state index contributed by atoms with van der Waals surface area (Å²) in [4.78, 5) is 12.3. The van der Waals surface area contributed by atoms with E-state index in [0.29, 0.717) is 18.0 Å². The Morgan fingerprint density at radius 3 is 2.65 bits per heavy atom. The zero-order chi connectivity index (χ0) is 14.6. The number of carbonyl (C=O) groups is 1. The zero-order valence-corrected chi connectivity index (χ0v) is 14.2. The molecule has 1 aromatic rings. The van der Waals surface area contributed by atoms with Crippen LogP contribution in [0.25, 0.3) is 0 Å². The molecule has 0 saturated heterocycles. The van der Waals surface area contributed by atoms with Crippen molar-refractivity contribution in [3.05, 3.63) is 33.8 Å². The molecule has 0 unspecified atom stereocenters. The van der Waals surface area contributed by atoms with Gasteiger partial charge < -0.3 is 5.32 Å². The van der Waals surface area contributed by atoms with Gasteiger partial charge in [0.1, 0.15) is 0 Å². The molecule has 110 valence electrons. The highest BCUT2D eigenvalue weighted by atomic mass is 79.9. The van der Waals surface area contributed by atoms with E-state index in [0.717, 1.165) is 22.9 Å². The molecule has 0 radical (unpaired) electrons. The van der Waals surface area contributed by atoms with Crippen LogP contribution in [0.15, 0.2) is 22.7 Å². The maximum absolute atomic E-state index is 12.3. The first kappa shape index (κ1) is 15.8. The van der Waals surface area contributed by atoms with Crippen molar-refractivity contribution in [3.63, 3.8) is 0 Å². The normalized spacial score (nSPS) is 17.8. The van der Waals surface area contributed by atoms with Crippen LogP contribution in [-0.2, 0) is 0 Å². The number of benzene rings is 1. The van der Waals surface area contributed by atoms with E-state index in [1.165, 1.54) is 19.3 Å². The third kappa shape index (κ3) is 3.76. The molecule has 4 heteroatoms. The monoisotopic (exact) mass is 357 g/mol. The van der Waals surface area contributed by atoms with Crippen molar-refractivity contribution in [1.82, 2.24) is 5.32 Å². The molecule has 0 aromatic heterocycles. The number of halogens is 2. The van der Waals surface area contributed by atoms with E-state index in [1.807, 2.05) is 25.1 Å². The third-order valence-corrected chi connectivity index (χ3v) is 5.41. The quantitative estimate of drug-likeness (QED) is 0.778. The Bertz CT molecular complexity index is 483. The average Bonchev–Trinajstić information content (AvgIpc) is 2.46. The van der Waals surface area contributed by atoms with Crippen LogP contribution in [-0.4, -0.2) is 18.3 Å². The summed E-state index contributed by atoms with van der Waals surface area (Å²) < 4.78 is 0.846. The molecule has 1 aliphatic rings. The average molecular weight is 359 g/mol. The number of hydrogen-bond donors (Lipinski definition) is 1. The van der Waals surface area contributed by atoms with Crippen LogP contribution in [0.1, 0.15) is 48.0 Å². The number of aryl methyl sites for hydroxylation is 1. The van der Waals surface area contributed by atoms with Crippen LogP contribution < -0.4 is 5.32 Å². The number of carbonyl (C=O) groups excluding carboxylic acids is 1. The van der Waals surface area contributed by atoms with Gasteiger partial charge in [0.25, 0.3) is 5.91 Å². The molecule has 1 saturated carbocycles. The van der Waals surface area contributed by atoms with Crippen molar-refractivity contribution >= 4 is 33.4 Å². The highest BCUT2D eigenvalue weighted by molar-refractivity contribution is 9.10. The summed E-state index contributed by atoms with van der Waals surface area (Å²) in [6.45, 7) is 2.69. The van der Waals surface area contributed by atoms with Gasteiger partial charge in [-0.05, 0) is 53.4 Å². The van der Waals surface area contributed by atoms with Crippen molar-refractivity contribution in [2.45, 2.75) is 39.0 Å². The maximum Gasteiger partial charge on any atom is 0.252 e. The Labute approximate surface area is 134 Å². The van der Waals surface area contributed by atoms with E-state index >= 15 is 0 Å². The lowest BCUT2D eigenvalue weighted by molar-refractivity contribution is 0.0920. The second-order valence-electron chi connectivity index (χ2n) is 5.86. The van der Waals surface area contributed by atoms with E-state index in [9.17, 15) is 4.79 Å². The van der Waals surface area contributed by atoms with Gasteiger partial charge in [0.05, 0.1) is 5.56 Å². The summed E-state index contributed by atoms with van der Waals surface area (Å²) in [6, 6.07) is 5.79. The molecule has 1 aromatic carbocycles. The summed E-state index contributed by atoms with van der Waals surface area (Å²) >= 11 is 9.62. The van der Waals surface area contributed by atoms with Crippen LogP contribution in [0.3, 0.4) is 0 Å². The van der Waals surface area contributed by atoms with E-state index in [2.05, 4.69) is 21.2 Å². The predicted octanol–water partition coefficient (Wildman–Crippen LogP) is 4.68. The Hall–Kier alpha value is -0.540. The minimum Gasteiger partial charge on any atom is -0.351 e. The highest BCUT2D eigenvalue weighted by Crippen LogP contribution is 2.36. The van der Waals surface area contributed by atoms with Gasteiger partial charge in [-0.15, -0.1) is 11.6 Å². The fourth-order valence-electron chi connectivity index (χ4n) is 2.83. The van der Waals surface area contributed by atoms with Crippen LogP contribution >= 0.6 is 27.5 Å². The lowest BCUT2D eigenvalue weighted by atomic mass is 9.75. The van der Waals surface area contributed by atoms with Crippen molar-refractivity contribution in [2.24, 2.45) is 5.41 Å². The standard InChI is InChI=1S/C16H21BrClNO/c1-12-5-6-13(14(17)9-12)15(20)19-11-16(10-18)7-3-2-4-8-16/h5-6,9H,2-4,7-8,10-11H2,1H3,(H,19,20). The van der Waals surface area contributed by atoms with Crippen LogP contribution in [0.5, 0.6) is 0 Å². The van der Waals surface area contributed by atoms with Crippen molar-refractivity contribution in [1.29, 1.82) is 0 Å². The number of nitrogens with one attached hydrogen (secondary N) is 1. The lowest BCUT2D eigenvalue weighted by Gasteiger charge is -2.35. The first-order chi connectivity index (χ1) is 9.56. The molecule has 0 bridgehead atoms. The summed E-state index contributed by atoms with van der Waals surface area (Å²) in [5, 5.41) is 3.07. The van der Waals surface area contributed by atoms with Crippen LogP contribution in [0.4, 0.5) is 0 Å². The second-order valence-corrected chi connectivity index (χ2v) is 6.98. The molecule has 1 fully saturated rings. The summed E-state index contributed by atoms with van der Waals surface area (Å²) in [6.07, 6.45) is 5.96. The Kier molecular flexibility index (Phi) is 5.50.